The van der Waals surface area contributed by atoms with Crippen molar-refractivity contribution < 1.29 is 14.5 Å². The molecule has 0 saturated carbocycles. The molecule has 2 aromatic rings. The number of rotatable bonds is 4. The number of carbonyl (C=O) groups is 1. The molecule has 0 heterocycles. The van der Waals surface area contributed by atoms with Gasteiger partial charge in [-0.25, -0.2) is 0 Å². The summed E-state index contributed by atoms with van der Waals surface area (Å²) in [4.78, 5) is 21.8. The van der Waals surface area contributed by atoms with Gasteiger partial charge in [-0.1, -0.05) is 11.6 Å². The highest BCUT2D eigenvalue weighted by Crippen LogP contribution is 2.33. The highest BCUT2D eigenvalue weighted by atomic mass is 35.5. The smallest absolute Gasteiger partial charge is 0.312 e. The molecular weight excluding hydrogens is 294 g/mol. The fourth-order valence-electron chi connectivity index (χ4n) is 1.77. The molecule has 0 spiro atoms. The Morgan fingerprint density at radius 3 is 2.52 bits per heavy atom. The van der Waals surface area contributed by atoms with Crippen molar-refractivity contribution in [2.45, 2.75) is 13.8 Å². The Kier molecular flexibility index (Phi) is 4.23. The monoisotopic (exact) mass is 305 g/mol. The van der Waals surface area contributed by atoms with Gasteiger partial charge in [0.15, 0.2) is 5.78 Å². The molecule has 2 rings (SSSR count). The zero-order chi connectivity index (χ0) is 15.6. The van der Waals surface area contributed by atoms with E-state index in [0.717, 1.165) is 5.56 Å². The summed E-state index contributed by atoms with van der Waals surface area (Å²) < 4.78 is 5.53. The van der Waals surface area contributed by atoms with Crippen LogP contribution in [-0.4, -0.2) is 10.7 Å². The maximum atomic E-state index is 11.3. The second-order valence-corrected chi connectivity index (χ2v) is 4.92. The van der Waals surface area contributed by atoms with Gasteiger partial charge in [0, 0.05) is 16.7 Å². The van der Waals surface area contributed by atoms with Crippen LogP contribution in [0, 0.1) is 17.0 Å². The zero-order valence-electron chi connectivity index (χ0n) is 11.4. The minimum Gasteiger partial charge on any atom is -0.450 e. The molecule has 0 aliphatic heterocycles. The lowest BCUT2D eigenvalue weighted by molar-refractivity contribution is -0.385. The van der Waals surface area contributed by atoms with Gasteiger partial charge in [-0.2, -0.15) is 0 Å². The Morgan fingerprint density at radius 1 is 1.24 bits per heavy atom. The molecule has 0 amide bonds. The SMILES string of the molecule is CC(=O)c1ccc(Oc2ccc(Cl)c(C)c2)c([N+](=O)[O-])c1. The molecule has 0 bridgehead atoms. The maximum absolute atomic E-state index is 11.3. The summed E-state index contributed by atoms with van der Waals surface area (Å²) in [6.45, 7) is 3.16. The van der Waals surface area contributed by atoms with E-state index in [9.17, 15) is 14.9 Å². The normalized spacial score (nSPS) is 10.2. The van der Waals surface area contributed by atoms with Crippen LogP contribution in [-0.2, 0) is 0 Å². The minimum atomic E-state index is -0.579. The first-order valence-electron chi connectivity index (χ1n) is 6.12. The van der Waals surface area contributed by atoms with Gasteiger partial charge in [0.25, 0.3) is 0 Å². The molecule has 5 nitrogen and oxygen atoms in total. The first-order chi connectivity index (χ1) is 9.88. The van der Waals surface area contributed by atoms with Gasteiger partial charge in [-0.05, 0) is 49.7 Å². The fraction of sp³-hybridized carbons (Fsp3) is 0.133. The molecule has 0 N–H and O–H groups in total. The molecular formula is C15H12ClNO4. The van der Waals surface area contributed by atoms with E-state index in [1.807, 2.05) is 6.92 Å². The highest BCUT2D eigenvalue weighted by molar-refractivity contribution is 6.31. The number of nitrogens with zero attached hydrogens (tertiary/aromatic N) is 1. The number of carbonyl (C=O) groups excluding carboxylic acids is 1. The van der Waals surface area contributed by atoms with E-state index in [0.29, 0.717) is 10.8 Å². The van der Waals surface area contributed by atoms with Crippen LogP contribution in [0.3, 0.4) is 0 Å². The molecule has 0 unspecified atom stereocenters. The molecule has 0 saturated heterocycles. The Hall–Kier alpha value is -2.40. The predicted molar refractivity (Wildman–Crippen MR) is 79.4 cm³/mol. The Morgan fingerprint density at radius 2 is 1.95 bits per heavy atom. The number of nitro groups is 1. The quantitative estimate of drug-likeness (QED) is 0.472. The molecule has 6 heteroatoms. The summed E-state index contributed by atoms with van der Waals surface area (Å²) in [6.07, 6.45) is 0. The highest BCUT2D eigenvalue weighted by Gasteiger charge is 2.18. The van der Waals surface area contributed by atoms with Gasteiger partial charge in [-0.3, -0.25) is 14.9 Å². The second kappa shape index (κ2) is 5.93. The number of hydrogen-bond donors (Lipinski definition) is 0. The van der Waals surface area contributed by atoms with Crippen LogP contribution >= 0.6 is 11.6 Å². The summed E-state index contributed by atoms with van der Waals surface area (Å²) in [5.74, 6) is 0.272. The number of ketones is 1. The lowest BCUT2D eigenvalue weighted by Crippen LogP contribution is -1.98. The third-order valence-electron chi connectivity index (χ3n) is 2.92. The molecule has 2 aromatic carbocycles. The average molecular weight is 306 g/mol. The van der Waals surface area contributed by atoms with Crippen LogP contribution in [0.5, 0.6) is 11.5 Å². The van der Waals surface area contributed by atoms with E-state index in [2.05, 4.69) is 0 Å². The van der Waals surface area contributed by atoms with Crippen molar-refractivity contribution in [3.05, 3.63) is 62.7 Å². The third-order valence-corrected chi connectivity index (χ3v) is 3.34. The molecule has 0 aromatic heterocycles. The number of ether oxygens (including phenoxy) is 1. The topological polar surface area (TPSA) is 69.4 Å². The molecule has 0 atom stereocenters. The first kappa shape index (κ1) is 15.0. The van der Waals surface area contributed by atoms with Gasteiger partial charge in [0.2, 0.25) is 5.75 Å². The second-order valence-electron chi connectivity index (χ2n) is 4.51. The van der Waals surface area contributed by atoms with Crippen LogP contribution in [0.15, 0.2) is 36.4 Å². The van der Waals surface area contributed by atoms with E-state index in [4.69, 9.17) is 16.3 Å². The van der Waals surface area contributed by atoms with Crippen molar-refractivity contribution in [3.8, 4) is 11.5 Å². The van der Waals surface area contributed by atoms with Gasteiger partial charge >= 0.3 is 5.69 Å². The number of aryl methyl sites for hydroxylation is 1. The predicted octanol–water partition coefficient (Wildman–Crippen LogP) is 4.55. The largest absolute Gasteiger partial charge is 0.450 e. The van der Waals surface area contributed by atoms with Crippen LogP contribution in [0.4, 0.5) is 5.69 Å². The van der Waals surface area contributed by atoms with E-state index >= 15 is 0 Å². The standard InChI is InChI=1S/C15H12ClNO4/c1-9-7-12(4-5-13(9)16)21-15-6-3-11(10(2)18)8-14(15)17(19)20/h3-8H,1-2H3. The lowest BCUT2D eigenvalue weighted by atomic mass is 10.1. The number of nitro benzene ring substituents is 1. The number of benzene rings is 2. The van der Waals surface area contributed by atoms with Gasteiger partial charge in [0.05, 0.1) is 4.92 Å². The lowest BCUT2D eigenvalue weighted by Gasteiger charge is -2.08. The molecule has 0 radical (unpaired) electrons. The number of halogens is 1. The van der Waals surface area contributed by atoms with E-state index in [1.165, 1.54) is 25.1 Å². The number of Topliss-reactive ketones (excluding diaryl/α,β-unsaturated/α-hetero) is 1. The molecule has 0 aliphatic carbocycles. The summed E-state index contributed by atoms with van der Waals surface area (Å²) >= 11 is 5.92. The zero-order valence-corrected chi connectivity index (χ0v) is 12.2. The summed E-state index contributed by atoms with van der Waals surface area (Å²) in [6, 6.07) is 9.08. The average Bonchev–Trinajstić information content (AvgIpc) is 2.43. The van der Waals surface area contributed by atoms with Crippen molar-refractivity contribution in [3.63, 3.8) is 0 Å². The molecule has 21 heavy (non-hydrogen) atoms. The third kappa shape index (κ3) is 3.38. The van der Waals surface area contributed by atoms with Crippen LogP contribution in [0.25, 0.3) is 0 Å². The molecule has 0 fully saturated rings. The van der Waals surface area contributed by atoms with Crippen molar-refractivity contribution in [2.75, 3.05) is 0 Å². The number of hydrogen-bond acceptors (Lipinski definition) is 4. The van der Waals surface area contributed by atoms with E-state index in [1.54, 1.807) is 18.2 Å². The van der Waals surface area contributed by atoms with Crippen LogP contribution < -0.4 is 4.74 Å². The van der Waals surface area contributed by atoms with Crippen LogP contribution in [0.1, 0.15) is 22.8 Å². The Labute approximate surface area is 126 Å². The van der Waals surface area contributed by atoms with Gasteiger partial charge < -0.3 is 4.74 Å². The van der Waals surface area contributed by atoms with Crippen molar-refractivity contribution >= 4 is 23.1 Å². The van der Waals surface area contributed by atoms with Crippen molar-refractivity contribution in [1.82, 2.24) is 0 Å². The summed E-state index contributed by atoms with van der Waals surface area (Å²) in [7, 11) is 0. The Balaban J connectivity index is 2.41. The van der Waals surface area contributed by atoms with E-state index < -0.39 is 4.92 Å². The summed E-state index contributed by atoms with van der Waals surface area (Å²) in [5, 5.41) is 11.7. The van der Waals surface area contributed by atoms with Crippen molar-refractivity contribution in [2.24, 2.45) is 0 Å². The molecule has 108 valence electrons. The Bertz CT molecular complexity index is 728. The van der Waals surface area contributed by atoms with Gasteiger partial charge in [-0.15, -0.1) is 0 Å². The minimum absolute atomic E-state index is 0.0757. The van der Waals surface area contributed by atoms with Crippen LogP contribution in [0.2, 0.25) is 5.02 Å². The fourth-order valence-corrected chi connectivity index (χ4v) is 1.89. The molecule has 0 aliphatic rings. The summed E-state index contributed by atoms with van der Waals surface area (Å²) in [5.41, 5.74) is 0.814. The van der Waals surface area contributed by atoms with E-state index in [-0.39, 0.29) is 22.8 Å². The maximum Gasteiger partial charge on any atom is 0.312 e. The van der Waals surface area contributed by atoms with Crippen molar-refractivity contribution in [1.29, 1.82) is 0 Å². The first-order valence-corrected chi connectivity index (χ1v) is 6.49. The van der Waals surface area contributed by atoms with Gasteiger partial charge in [0.1, 0.15) is 5.75 Å².